The van der Waals surface area contributed by atoms with E-state index in [9.17, 15) is 19.5 Å². The Kier molecular flexibility index (Phi) is 8.17. The van der Waals surface area contributed by atoms with Gasteiger partial charge in [-0.15, -0.1) is 0 Å². The van der Waals surface area contributed by atoms with Gasteiger partial charge in [0.25, 0.3) is 0 Å². The number of nitrogens with one attached hydrogen (secondary N) is 2. The van der Waals surface area contributed by atoms with Crippen molar-refractivity contribution in [2.24, 2.45) is 5.92 Å². The van der Waals surface area contributed by atoms with Gasteiger partial charge in [-0.05, 0) is 52.6 Å². The number of aliphatic carboxylic acids is 1. The highest BCUT2D eigenvalue weighted by Crippen LogP contribution is 2.11. The van der Waals surface area contributed by atoms with Crippen LogP contribution in [0.25, 0.3) is 0 Å². The molecule has 0 unspecified atom stereocenters. The molecule has 1 aromatic rings. The molecular weight excluding hydrogens is 423 g/mol. The molecule has 0 saturated carbocycles. The number of carbonyl (C=O) groups is 3. The maximum atomic E-state index is 12.4. The summed E-state index contributed by atoms with van der Waals surface area (Å²) in [5.74, 6) is -1.71. The molecule has 0 bridgehead atoms. The third-order valence-corrected chi connectivity index (χ3v) is 4.02. The van der Waals surface area contributed by atoms with Crippen LogP contribution in [-0.2, 0) is 20.8 Å². The van der Waals surface area contributed by atoms with Crippen molar-refractivity contribution in [2.45, 2.75) is 45.7 Å². The van der Waals surface area contributed by atoms with E-state index < -0.39 is 24.0 Å². The minimum atomic E-state index is -1.10. The second kappa shape index (κ2) is 9.61. The van der Waals surface area contributed by atoms with Gasteiger partial charge in [0.2, 0.25) is 11.8 Å². The molecule has 0 radical (unpaired) electrons. The van der Waals surface area contributed by atoms with Gasteiger partial charge < -0.3 is 15.7 Å². The third-order valence-electron chi connectivity index (χ3n) is 3.34. The smallest absolute Gasteiger partial charge is 0.326 e. The minimum absolute atomic E-state index is 0.187. The summed E-state index contributed by atoms with van der Waals surface area (Å²) in [5.41, 5.74) is 0.828. The molecular formula is C17H23IN2O4. The molecule has 0 saturated heterocycles. The summed E-state index contributed by atoms with van der Waals surface area (Å²) in [7, 11) is 0. The van der Waals surface area contributed by atoms with Crippen LogP contribution in [0.15, 0.2) is 24.3 Å². The van der Waals surface area contributed by atoms with Crippen molar-refractivity contribution in [2.75, 3.05) is 0 Å². The highest BCUT2D eigenvalue weighted by atomic mass is 127. The number of carboxylic acid groups (broad SMARTS) is 1. The first kappa shape index (κ1) is 20.4. The van der Waals surface area contributed by atoms with E-state index in [1.54, 1.807) is 0 Å². The largest absolute Gasteiger partial charge is 0.480 e. The number of amides is 2. The Labute approximate surface area is 155 Å². The average molecular weight is 446 g/mol. The number of halogens is 1. The van der Waals surface area contributed by atoms with Gasteiger partial charge in [-0.1, -0.05) is 26.0 Å². The lowest BCUT2D eigenvalue weighted by Crippen LogP contribution is -2.52. The molecule has 0 heterocycles. The molecule has 0 fully saturated rings. The Bertz CT molecular complexity index is 604. The topological polar surface area (TPSA) is 95.5 Å². The van der Waals surface area contributed by atoms with Crippen molar-refractivity contribution in [1.29, 1.82) is 0 Å². The lowest BCUT2D eigenvalue weighted by atomic mass is 10.0. The minimum Gasteiger partial charge on any atom is -0.480 e. The zero-order valence-corrected chi connectivity index (χ0v) is 16.2. The van der Waals surface area contributed by atoms with Crippen molar-refractivity contribution >= 4 is 40.4 Å². The van der Waals surface area contributed by atoms with Crippen molar-refractivity contribution < 1.29 is 19.5 Å². The molecule has 0 spiro atoms. The summed E-state index contributed by atoms with van der Waals surface area (Å²) in [6, 6.07) is 5.68. The Morgan fingerprint density at radius 2 is 1.83 bits per heavy atom. The Morgan fingerprint density at radius 1 is 1.17 bits per heavy atom. The molecule has 0 aliphatic carbocycles. The lowest BCUT2D eigenvalue weighted by molar-refractivity contribution is -0.142. The third kappa shape index (κ3) is 7.29. The maximum Gasteiger partial charge on any atom is 0.326 e. The predicted molar refractivity (Wildman–Crippen MR) is 99.5 cm³/mol. The fourth-order valence-electron chi connectivity index (χ4n) is 2.32. The fourth-order valence-corrected chi connectivity index (χ4v) is 2.93. The summed E-state index contributed by atoms with van der Waals surface area (Å²) >= 11 is 2.15. The van der Waals surface area contributed by atoms with Crippen LogP contribution in [0.1, 0.15) is 32.8 Å². The molecule has 2 atom stereocenters. The van der Waals surface area contributed by atoms with E-state index in [1.807, 2.05) is 38.1 Å². The fraction of sp³-hybridized carbons (Fsp3) is 0.471. The first-order chi connectivity index (χ1) is 11.2. The van der Waals surface area contributed by atoms with Gasteiger partial charge in [-0.3, -0.25) is 9.59 Å². The van der Waals surface area contributed by atoms with E-state index in [0.717, 1.165) is 9.13 Å². The zero-order chi connectivity index (χ0) is 18.3. The number of hydrogen-bond acceptors (Lipinski definition) is 3. The quantitative estimate of drug-likeness (QED) is 0.532. The average Bonchev–Trinajstić information content (AvgIpc) is 2.44. The van der Waals surface area contributed by atoms with E-state index in [-0.39, 0.29) is 18.2 Å². The van der Waals surface area contributed by atoms with Crippen LogP contribution in [-0.4, -0.2) is 35.0 Å². The number of carbonyl (C=O) groups excluding carboxylic acids is 2. The van der Waals surface area contributed by atoms with E-state index in [1.165, 1.54) is 6.92 Å². The predicted octanol–water partition coefficient (Wildman–Crippen LogP) is 1.95. The Hall–Kier alpha value is -1.64. The van der Waals surface area contributed by atoms with Crippen LogP contribution in [0.4, 0.5) is 0 Å². The van der Waals surface area contributed by atoms with Crippen LogP contribution in [0.5, 0.6) is 0 Å². The van der Waals surface area contributed by atoms with E-state index in [0.29, 0.717) is 6.42 Å². The Morgan fingerprint density at radius 3 is 2.33 bits per heavy atom. The number of rotatable bonds is 8. The molecule has 3 N–H and O–H groups in total. The number of hydrogen-bond donors (Lipinski definition) is 3. The van der Waals surface area contributed by atoms with Crippen molar-refractivity contribution in [3.05, 3.63) is 33.4 Å². The van der Waals surface area contributed by atoms with Crippen molar-refractivity contribution in [3.63, 3.8) is 0 Å². The number of benzene rings is 1. The van der Waals surface area contributed by atoms with Crippen LogP contribution in [0.3, 0.4) is 0 Å². The Balaban J connectivity index is 2.83. The molecule has 0 aromatic heterocycles. The second-order valence-electron chi connectivity index (χ2n) is 6.12. The highest BCUT2D eigenvalue weighted by molar-refractivity contribution is 14.1. The van der Waals surface area contributed by atoms with Gasteiger partial charge in [0.05, 0.1) is 0 Å². The lowest BCUT2D eigenvalue weighted by Gasteiger charge is -2.22. The van der Waals surface area contributed by atoms with Crippen LogP contribution < -0.4 is 10.6 Å². The summed E-state index contributed by atoms with van der Waals surface area (Å²) in [5, 5.41) is 14.5. The molecule has 7 heteroatoms. The first-order valence-electron chi connectivity index (χ1n) is 7.73. The summed E-state index contributed by atoms with van der Waals surface area (Å²) in [6.45, 7) is 5.20. The molecule has 0 aliphatic heterocycles. The maximum absolute atomic E-state index is 12.4. The summed E-state index contributed by atoms with van der Waals surface area (Å²) in [6.07, 6.45) is 0.632. The van der Waals surface area contributed by atoms with Crippen LogP contribution >= 0.6 is 22.6 Å². The molecule has 132 valence electrons. The van der Waals surface area contributed by atoms with Crippen LogP contribution in [0, 0.1) is 9.49 Å². The van der Waals surface area contributed by atoms with Gasteiger partial charge in [0.1, 0.15) is 12.1 Å². The molecule has 1 aromatic carbocycles. The van der Waals surface area contributed by atoms with Crippen molar-refractivity contribution in [1.82, 2.24) is 10.6 Å². The van der Waals surface area contributed by atoms with Crippen LogP contribution in [0.2, 0.25) is 0 Å². The normalized spacial score (nSPS) is 13.2. The summed E-state index contributed by atoms with van der Waals surface area (Å²) < 4.78 is 0.997. The highest BCUT2D eigenvalue weighted by Gasteiger charge is 2.26. The zero-order valence-electron chi connectivity index (χ0n) is 14.0. The van der Waals surface area contributed by atoms with Crippen molar-refractivity contribution in [3.8, 4) is 0 Å². The van der Waals surface area contributed by atoms with E-state index in [2.05, 4.69) is 33.2 Å². The van der Waals surface area contributed by atoms with E-state index in [4.69, 9.17) is 0 Å². The molecule has 2 amide bonds. The summed E-state index contributed by atoms with van der Waals surface area (Å²) in [4.78, 5) is 35.2. The van der Waals surface area contributed by atoms with Gasteiger partial charge in [0.15, 0.2) is 0 Å². The standard InChI is InChI=1S/C17H23IN2O4/c1-10(2)7-14(19-11(3)21)16(22)20-15(17(23)24)9-12-5-4-6-13(18)8-12/h4-6,8,10,14-15H,7,9H2,1-3H3,(H,19,21)(H,20,22)(H,23,24)/t14-,15+/m0/s1. The SMILES string of the molecule is CC(=O)N[C@@H](CC(C)C)C(=O)N[C@H](Cc1cccc(I)c1)C(=O)O. The van der Waals surface area contributed by atoms with Gasteiger partial charge >= 0.3 is 5.97 Å². The molecule has 24 heavy (non-hydrogen) atoms. The molecule has 1 rings (SSSR count). The molecule has 6 nitrogen and oxygen atoms in total. The van der Waals surface area contributed by atoms with Gasteiger partial charge in [-0.25, -0.2) is 4.79 Å². The van der Waals surface area contributed by atoms with E-state index >= 15 is 0 Å². The van der Waals surface area contributed by atoms with Gasteiger partial charge in [-0.2, -0.15) is 0 Å². The molecule has 0 aliphatic rings. The number of carboxylic acids is 1. The second-order valence-corrected chi connectivity index (χ2v) is 7.36. The first-order valence-corrected chi connectivity index (χ1v) is 8.81. The monoisotopic (exact) mass is 446 g/mol. The van der Waals surface area contributed by atoms with Gasteiger partial charge in [0, 0.05) is 16.9 Å².